The Balaban J connectivity index is 1.86. The van der Waals surface area contributed by atoms with E-state index in [2.05, 4.69) is 15.0 Å². The summed E-state index contributed by atoms with van der Waals surface area (Å²) >= 11 is 1.33. The average Bonchev–Trinajstić information content (AvgIpc) is 2.95. The third-order valence-corrected chi connectivity index (χ3v) is 5.55. The molecular weight excluding hydrogens is 370 g/mol. The van der Waals surface area contributed by atoms with Crippen molar-refractivity contribution < 1.29 is 9.59 Å². The molecule has 0 spiro atoms. The number of thioether (sulfide) groups is 1. The molecule has 0 saturated heterocycles. The first-order valence-corrected chi connectivity index (χ1v) is 9.98. The predicted molar refractivity (Wildman–Crippen MR) is 112 cm³/mol. The summed E-state index contributed by atoms with van der Waals surface area (Å²) in [4.78, 5) is 37.0. The highest BCUT2D eigenvalue weighted by molar-refractivity contribution is 8.00. The lowest BCUT2D eigenvalue weighted by molar-refractivity contribution is 0.0988. The number of ketones is 2. The third-order valence-electron chi connectivity index (χ3n) is 4.59. The maximum absolute atomic E-state index is 13.0. The molecule has 0 fully saturated rings. The van der Waals surface area contributed by atoms with Crippen LogP contribution in [0.15, 0.2) is 41.6 Å². The lowest BCUT2D eigenvalue weighted by Gasteiger charge is -2.11. The fourth-order valence-corrected chi connectivity index (χ4v) is 4.18. The summed E-state index contributed by atoms with van der Waals surface area (Å²) in [6.07, 6.45) is 0. The zero-order chi connectivity index (χ0) is 20.4. The zero-order valence-electron chi connectivity index (χ0n) is 16.7. The normalized spacial score (nSPS) is 12.0. The number of nitrogens with zero attached hydrogens (tertiary/aromatic N) is 2. The Kier molecular flexibility index (Phi) is 5.79. The van der Waals surface area contributed by atoms with Gasteiger partial charge in [-0.15, -0.1) is 0 Å². The van der Waals surface area contributed by atoms with Crippen molar-refractivity contribution in [3.63, 3.8) is 0 Å². The van der Waals surface area contributed by atoms with Crippen LogP contribution in [0.2, 0.25) is 0 Å². The number of carbonyl (C=O) groups excluding carboxylic acids is 2. The average molecular weight is 394 g/mol. The van der Waals surface area contributed by atoms with Crippen LogP contribution in [0.25, 0.3) is 11.3 Å². The molecule has 28 heavy (non-hydrogen) atoms. The van der Waals surface area contributed by atoms with Gasteiger partial charge in [-0.25, -0.2) is 9.97 Å². The lowest BCUT2D eigenvalue weighted by Crippen LogP contribution is -2.16. The van der Waals surface area contributed by atoms with Gasteiger partial charge in [0.25, 0.3) is 0 Å². The van der Waals surface area contributed by atoms with Gasteiger partial charge in [-0.3, -0.25) is 9.59 Å². The number of hydrogen-bond acceptors (Lipinski definition) is 5. The van der Waals surface area contributed by atoms with Crippen LogP contribution in [-0.2, 0) is 0 Å². The standard InChI is InChI=1S/C22H23N3O2S/c1-12-11-18(17-9-7-6-8-10-17)25-22(23-12)28-16(5)21(27)20-13(2)19(15(4)26)14(3)24-20/h6-11,16,24H,1-5H3/t16-/m0/s1. The molecule has 0 aliphatic carbocycles. The van der Waals surface area contributed by atoms with Gasteiger partial charge in [-0.2, -0.15) is 0 Å². The molecule has 0 bridgehead atoms. The van der Waals surface area contributed by atoms with Crippen molar-refractivity contribution in [2.24, 2.45) is 0 Å². The Bertz CT molecular complexity index is 1040. The first-order chi connectivity index (χ1) is 13.3. The van der Waals surface area contributed by atoms with Gasteiger partial charge in [0.15, 0.2) is 16.7 Å². The Labute approximate surface area is 169 Å². The molecule has 0 unspecified atom stereocenters. The Morgan fingerprint density at radius 2 is 1.75 bits per heavy atom. The van der Waals surface area contributed by atoms with Crippen molar-refractivity contribution in [2.45, 2.75) is 45.0 Å². The number of aromatic amines is 1. The van der Waals surface area contributed by atoms with Gasteiger partial charge in [0.2, 0.25) is 0 Å². The smallest absolute Gasteiger partial charge is 0.192 e. The molecule has 1 aromatic carbocycles. The Morgan fingerprint density at radius 1 is 1.07 bits per heavy atom. The molecule has 0 radical (unpaired) electrons. The molecule has 5 nitrogen and oxygen atoms in total. The molecule has 3 aromatic rings. The molecule has 0 amide bonds. The number of benzene rings is 1. The summed E-state index contributed by atoms with van der Waals surface area (Å²) in [6.45, 7) is 8.89. The zero-order valence-corrected chi connectivity index (χ0v) is 17.5. The van der Waals surface area contributed by atoms with Gasteiger partial charge in [-0.1, -0.05) is 42.1 Å². The summed E-state index contributed by atoms with van der Waals surface area (Å²) < 4.78 is 0. The van der Waals surface area contributed by atoms with Crippen LogP contribution >= 0.6 is 11.8 Å². The second kappa shape index (κ2) is 8.10. The second-order valence-corrected chi connectivity index (χ2v) is 8.16. The number of rotatable bonds is 6. The number of carbonyl (C=O) groups is 2. The van der Waals surface area contributed by atoms with Gasteiger partial charge >= 0.3 is 0 Å². The summed E-state index contributed by atoms with van der Waals surface area (Å²) in [5, 5.41) is 0.175. The summed E-state index contributed by atoms with van der Waals surface area (Å²) in [7, 11) is 0. The molecule has 1 N–H and O–H groups in total. The molecular formula is C22H23N3O2S. The van der Waals surface area contributed by atoms with Crippen molar-refractivity contribution in [1.29, 1.82) is 0 Å². The highest BCUT2D eigenvalue weighted by Crippen LogP contribution is 2.28. The monoisotopic (exact) mass is 393 g/mol. The number of Topliss-reactive ketones (excluding diaryl/α,β-unsaturated/α-hetero) is 2. The second-order valence-electron chi connectivity index (χ2n) is 6.85. The van der Waals surface area contributed by atoms with Gasteiger partial charge in [0.05, 0.1) is 16.6 Å². The topological polar surface area (TPSA) is 75.7 Å². The van der Waals surface area contributed by atoms with Crippen molar-refractivity contribution in [2.75, 3.05) is 0 Å². The number of aryl methyl sites for hydroxylation is 2. The molecule has 144 valence electrons. The molecule has 1 atom stereocenters. The van der Waals surface area contributed by atoms with E-state index >= 15 is 0 Å². The molecule has 6 heteroatoms. The Hall–Kier alpha value is -2.73. The van der Waals surface area contributed by atoms with Crippen LogP contribution in [0.1, 0.15) is 51.6 Å². The maximum atomic E-state index is 13.0. The van der Waals surface area contributed by atoms with E-state index in [0.717, 1.165) is 22.6 Å². The van der Waals surface area contributed by atoms with Crippen LogP contribution < -0.4 is 0 Å². The molecule has 3 rings (SSSR count). The van der Waals surface area contributed by atoms with Crippen molar-refractivity contribution in [1.82, 2.24) is 15.0 Å². The minimum absolute atomic E-state index is 0.0415. The van der Waals surface area contributed by atoms with Gasteiger partial charge < -0.3 is 4.98 Å². The molecule has 2 heterocycles. The van der Waals surface area contributed by atoms with Crippen LogP contribution in [0.3, 0.4) is 0 Å². The van der Waals surface area contributed by atoms with Crippen LogP contribution in [0, 0.1) is 20.8 Å². The number of aromatic nitrogens is 3. The fraction of sp³-hybridized carbons (Fsp3) is 0.273. The van der Waals surface area contributed by atoms with Gasteiger partial charge in [-0.05, 0) is 46.2 Å². The van der Waals surface area contributed by atoms with E-state index in [4.69, 9.17) is 0 Å². The summed E-state index contributed by atoms with van der Waals surface area (Å²) in [6, 6.07) is 11.8. The molecule has 0 aliphatic heterocycles. The van der Waals surface area contributed by atoms with E-state index < -0.39 is 0 Å². The van der Waals surface area contributed by atoms with Crippen LogP contribution in [-0.4, -0.2) is 31.8 Å². The van der Waals surface area contributed by atoms with E-state index in [9.17, 15) is 9.59 Å². The van der Waals surface area contributed by atoms with Crippen LogP contribution in [0.5, 0.6) is 0 Å². The Morgan fingerprint density at radius 3 is 2.36 bits per heavy atom. The summed E-state index contributed by atoms with van der Waals surface area (Å²) in [5.41, 5.74) is 5.21. The highest BCUT2D eigenvalue weighted by atomic mass is 32.2. The van der Waals surface area contributed by atoms with Crippen molar-refractivity contribution >= 4 is 23.3 Å². The number of hydrogen-bond donors (Lipinski definition) is 1. The lowest BCUT2D eigenvalue weighted by atomic mass is 10.0. The SMILES string of the molecule is CC(=O)c1c(C)[nH]c(C(=O)[C@H](C)Sc2nc(C)cc(-c3ccccc3)n2)c1C. The summed E-state index contributed by atoms with van der Waals surface area (Å²) in [5.74, 6) is -0.107. The molecule has 0 saturated carbocycles. The minimum atomic E-state index is -0.387. The minimum Gasteiger partial charge on any atom is -0.355 e. The quantitative estimate of drug-likeness (QED) is 0.364. The number of H-pyrrole nitrogens is 1. The van der Waals surface area contributed by atoms with Gasteiger partial charge in [0, 0.05) is 22.5 Å². The largest absolute Gasteiger partial charge is 0.355 e. The first kappa shape index (κ1) is 20.0. The van der Waals surface area contributed by atoms with Crippen molar-refractivity contribution in [3.8, 4) is 11.3 Å². The van der Waals surface area contributed by atoms with E-state index in [1.807, 2.05) is 64.1 Å². The van der Waals surface area contributed by atoms with Crippen LogP contribution in [0.4, 0.5) is 0 Å². The van der Waals surface area contributed by atoms with E-state index in [1.54, 1.807) is 0 Å². The van der Waals surface area contributed by atoms with E-state index in [0.29, 0.717) is 22.0 Å². The highest BCUT2D eigenvalue weighted by Gasteiger charge is 2.25. The van der Waals surface area contributed by atoms with Gasteiger partial charge in [0.1, 0.15) is 0 Å². The predicted octanol–water partition coefficient (Wildman–Crippen LogP) is 4.96. The third kappa shape index (κ3) is 4.07. The fourth-order valence-electron chi connectivity index (χ4n) is 3.29. The number of nitrogens with one attached hydrogen (secondary N) is 1. The first-order valence-electron chi connectivity index (χ1n) is 9.10. The molecule has 0 aliphatic rings. The van der Waals surface area contributed by atoms with E-state index in [1.165, 1.54) is 18.7 Å². The van der Waals surface area contributed by atoms with Crippen molar-refractivity contribution in [3.05, 3.63) is 64.6 Å². The van der Waals surface area contributed by atoms with E-state index in [-0.39, 0.29) is 16.8 Å². The molecule has 2 aromatic heterocycles. The maximum Gasteiger partial charge on any atom is 0.192 e.